The molecule has 2 aromatic carbocycles. The molecule has 0 saturated carbocycles. The van der Waals surface area contributed by atoms with E-state index in [4.69, 9.17) is 5.73 Å². The Labute approximate surface area is 161 Å². The third-order valence-corrected chi connectivity index (χ3v) is 4.58. The molecule has 1 aliphatic heterocycles. The molecule has 0 bridgehead atoms. The molecule has 1 fully saturated rings. The number of nitrogens with two attached hydrogens (primary N) is 1. The summed E-state index contributed by atoms with van der Waals surface area (Å²) in [6.07, 6.45) is 0.678. The minimum Gasteiger partial charge on any atom is -0.366 e. The van der Waals surface area contributed by atoms with Gasteiger partial charge in [0.25, 0.3) is 5.91 Å². The molecule has 27 heavy (non-hydrogen) atoms. The van der Waals surface area contributed by atoms with Crippen molar-refractivity contribution in [3.05, 3.63) is 70.8 Å². The molecule has 1 heterocycles. The first-order chi connectivity index (χ1) is 12.5. The molecule has 4 N–H and O–H groups in total. The van der Waals surface area contributed by atoms with Crippen LogP contribution in [-0.2, 0) is 0 Å². The van der Waals surface area contributed by atoms with Gasteiger partial charge in [0, 0.05) is 29.6 Å². The summed E-state index contributed by atoms with van der Waals surface area (Å²) in [5.41, 5.74) is 6.45. The summed E-state index contributed by atoms with van der Waals surface area (Å²) in [7, 11) is 0. The van der Waals surface area contributed by atoms with Crippen LogP contribution in [0.15, 0.2) is 42.5 Å². The minimum absolute atomic E-state index is 0. The van der Waals surface area contributed by atoms with E-state index in [1.807, 2.05) is 0 Å². The van der Waals surface area contributed by atoms with Crippen molar-refractivity contribution in [2.75, 3.05) is 13.1 Å². The second-order valence-corrected chi connectivity index (χ2v) is 6.30. The van der Waals surface area contributed by atoms with Gasteiger partial charge in [0.05, 0.1) is 0 Å². The molecule has 3 rings (SSSR count). The molecule has 0 aromatic heterocycles. The highest BCUT2D eigenvalue weighted by atomic mass is 35.5. The fraction of sp³-hybridized carbons (Fsp3) is 0.263. The number of rotatable bonds is 4. The lowest BCUT2D eigenvalue weighted by Gasteiger charge is -2.33. The monoisotopic (exact) mass is 395 g/mol. The zero-order valence-corrected chi connectivity index (χ0v) is 15.2. The van der Waals surface area contributed by atoms with Crippen molar-refractivity contribution in [1.29, 1.82) is 0 Å². The summed E-state index contributed by atoms with van der Waals surface area (Å²) in [6, 6.07) is 9.66. The maximum atomic E-state index is 13.6. The van der Waals surface area contributed by atoms with E-state index in [2.05, 4.69) is 10.6 Å². The number of halogens is 3. The fourth-order valence-electron chi connectivity index (χ4n) is 3.22. The Kier molecular flexibility index (Phi) is 6.87. The number of piperidine rings is 1. The summed E-state index contributed by atoms with van der Waals surface area (Å²) in [4.78, 5) is 23.8. The van der Waals surface area contributed by atoms with Gasteiger partial charge in [0.1, 0.15) is 0 Å². The Morgan fingerprint density at radius 1 is 1.07 bits per heavy atom. The predicted octanol–water partition coefficient (Wildman–Crippen LogP) is 2.36. The van der Waals surface area contributed by atoms with Gasteiger partial charge in [-0.15, -0.1) is 12.4 Å². The molecular formula is C19H20ClF2N3O2. The van der Waals surface area contributed by atoms with Gasteiger partial charge in [0.15, 0.2) is 11.6 Å². The summed E-state index contributed by atoms with van der Waals surface area (Å²) >= 11 is 0. The number of hydrogen-bond acceptors (Lipinski definition) is 3. The van der Waals surface area contributed by atoms with Crippen LogP contribution in [0.2, 0.25) is 0 Å². The first kappa shape index (κ1) is 20.8. The van der Waals surface area contributed by atoms with Crippen molar-refractivity contribution in [3.63, 3.8) is 0 Å². The highest BCUT2D eigenvalue weighted by molar-refractivity contribution is 5.99. The Bertz CT molecular complexity index is 847. The zero-order chi connectivity index (χ0) is 18.7. The van der Waals surface area contributed by atoms with E-state index in [1.165, 1.54) is 18.2 Å². The SMILES string of the molecule is Cl.NC(=O)c1cccc(C(=O)NC2CNCCC2c2ccc(F)c(F)c2)c1. The predicted molar refractivity (Wildman–Crippen MR) is 100 cm³/mol. The molecular weight excluding hydrogens is 376 g/mol. The smallest absolute Gasteiger partial charge is 0.251 e. The average Bonchev–Trinajstić information content (AvgIpc) is 2.64. The van der Waals surface area contributed by atoms with E-state index in [9.17, 15) is 18.4 Å². The number of primary amides is 1. The van der Waals surface area contributed by atoms with Crippen LogP contribution < -0.4 is 16.4 Å². The van der Waals surface area contributed by atoms with Crippen molar-refractivity contribution in [1.82, 2.24) is 10.6 Å². The molecule has 5 nitrogen and oxygen atoms in total. The van der Waals surface area contributed by atoms with Gasteiger partial charge in [-0.1, -0.05) is 12.1 Å². The molecule has 8 heteroatoms. The minimum atomic E-state index is -0.903. The van der Waals surface area contributed by atoms with Crippen LogP contribution in [0.25, 0.3) is 0 Å². The average molecular weight is 396 g/mol. The lowest BCUT2D eigenvalue weighted by Crippen LogP contribution is -2.50. The fourth-order valence-corrected chi connectivity index (χ4v) is 3.22. The standard InChI is InChI=1S/C19H19F2N3O2.ClH/c20-15-5-4-11(9-16(15)21)14-6-7-23-10-17(14)24-19(26)13-3-1-2-12(8-13)18(22)25;/h1-5,8-9,14,17,23H,6-7,10H2,(H2,22,25)(H,24,26);1H. The van der Waals surface area contributed by atoms with E-state index in [1.54, 1.807) is 18.2 Å². The lowest BCUT2D eigenvalue weighted by atomic mass is 9.85. The van der Waals surface area contributed by atoms with Gasteiger partial charge < -0.3 is 16.4 Å². The van der Waals surface area contributed by atoms with E-state index >= 15 is 0 Å². The maximum Gasteiger partial charge on any atom is 0.251 e. The van der Waals surface area contributed by atoms with Gasteiger partial charge >= 0.3 is 0 Å². The summed E-state index contributed by atoms with van der Waals surface area (Å²) in [5.74, 6) is -2.91. The molecule has 0 radical (unpaired) electrons. The maximum absolute atomic E-state index is 13.6. The van der Waals surface area contributed by atoms with Crippen LogP contribution in [-0.4, -0.2) is 30.9 Å². The third-order valence-electron chi connectivity index (χ3n) is 4.58. The van der Waals surface area contributed by atoms with Crippen LogP contribution in [0.3, 0.4) is 0 Å². The van der Waals surface area contributed by atoms with E-state index in [-0.39, 0.29) is 35.8 Å². The first-order valence-corrected chi connectivity index (χ1v) is 8.32. The highest BCUT2D eigenvalue weighted by Crippen LogP contribution is 2.27. The summed E-state index contributed by atoms with van der Waals surface area (Å²) in [6.45, 7) is 1.22. The summed E-state index contributed by atoms with van der Waals surface area (Å²) in [5, 5.41) is 6.10. The number of hydrogen-bond donors (Lipinski definition) is 3. The van der Waals surface area contributed by atoms with Gasteiger partial charge in [-0.25, -0.2) is 8.78 Å². The van der Waals surface area contributed by atoms with Crippen molar-refractivity contribution in [3.8, 4) is 0 Å². The number of carbonyl (C=O) groups excluding carboxylic acids is 2. The number of amides is 2. The quantitative estimate of drug-likeness (QED) is 0.743. The summed E-state index contributed by atoms with van der Waals surface area (Å²) < 4.78 is 26.8. The van der Waals surface area contributed by atoms with Crippen LogP contribution in [0.5, 0.6) is 0 Å². The number of nitrogens with one attached hydrogen (secondary N) is 2. The first-order valence-electron chi connectivity index (χ1n) is 8.32. The van der Waals surface area contributed by atoms with Gasteiger partial charge in [-0.2, -0.15) is 0 Å². The van der Waals surface area contributed by atoms with E-state index < -0.39 is 17.5 Å². The highest BCUT2D eigenvalue weighted by Gasteiger charge is 2.28. The molecule has 2 unspecified atom stereocenters. The Hall–Kier alpha value is -2.51. The zero-order valence-electron chi connectivity index (χ0n) is 14.4. The van der Waals surface area contributed by atoms with Gasteiger partial charge in [-0.3, -0.25) is 9.59 Å². The Morgan fingerprint density at radius 2 is 1.81 bits per heavy atom. The molecule has 1 saturated heterocycles. The third kappa shape index (κ3) is 4.81. The molecule has 144 valence electrons. The van der Waals surface area contributed by atoms with Crippen molar-refractivity contribution in [2.24, 2.45) is 5.73 Å². The van der Waals surface area contributed by atoms with Crippen molar-refractivity contribution < 1.29 is 18.4 Å². The van der Waals surface area contributed by atoms with Gasteiger partial charge in [0.2, 0.25) is 5.91 Å². The van der Waals surface area contributed by atoms with Crippen LogP contribution in [0, 0.1) is 11.6 Å². The number of carbonyl (C=O) groups is 2. The topological polar surface area (TPSA) is 84.2 Å². The molecule has 2 atom stereocenters. The Balaban J connectivity index is 0.00000261. The van der Waals surface area contributed by atoms with Crippen LogP contribution >= 0.6 is 12.4 Å². The second-order valence-electron chi connectivity index (χ2n) is 6.30. The van der Waals surface area contributed by atoms with Crippen molar-refractivity contribution >= 4 is 24.2 Å². The van der Waals surface area contributed by atoms with E-state index in [0.29, 0.717) is 30.6 Å². The lowest BCUT2D eigenvalue weighted by molar-refractivity contribution is 0.0924. The Morgan fingerprint density at radius 3 is 2.52 bits per heavy atom. The molecule has 2 amide bonds. The molecule has 1 aliphatic rings. The van der Waals surface area contributed by atoms with E-state index in [0.717, 1.165) is 6.07 Å². The van der Waals surface area contributed by atoms with Crippen molar-refractivity contribution in [2.45, 2.75) is 18.4 Å². The van der Waals surface area contributed by atoms with Gasteiger partial charge in [-0.05, 0) is 48.9 Å². The molecule has 0 aliphatic carbocycles. The molecule has 2 aromatic rings. The largest absolute Gasteiger partial charge is 0.366 e. The normalized spacial score (nSPS) is 19.0. The number of benzene rings is 2. The van der Waals surface area contributed by atoms with Crippen LogP contribution in [0.1, 0.15) is 38.6 Å². The molecule has 0 spiro atoms. The van der Waals surface area contributed by atoms with Crippen LogP contribution in [0.4, 0.5) is 8.78 Å². The second kappa shape index (κ2) is 8.92.